The van der Waals surface area contributed by atoms with E-state index in [0.717, 1.165) is 29.7 Å². The van der Waals surface area contributed by atoms with E-state index in [4.69, 9.17) is 10.3 Å². The van der Waals surface area contributed by atoms with Gasteiger partial charge in [0.1, 0.15) is 11.6 Å². The van der Waals surface area contributed by atoms with E-state index in [1.165, 1.54) is 6.07 Å². The van der Waals surface area contributed by atoms with Crippen molar-refractivity contribution in [1.82, 2.24) is 25.7 Å². The Morgan fingerprint density at radius 1 is 1.31 bits per heavy atom. The number of H-pyrrole nitrogens is 1. The van der Waals surface area contributed by atoms with Crippen molar-refractivity contribution in [3.63, 3.8) is 0 Å². The third-order valence-electron chi connectivity index (χ3n) is 6.25. The number of nitrogens with one attached hydrogen (secondary N) is 2. The van der Waals surface area contributed by atoms with Crippen molar-refractivity contribution >= 4 is 22.8 Å². The number of carbonyl (C=O) groups is 1. The van der Waals surface area contributed by atoms with Crippen molar-refractivity contribution in [3.05, 3.63) is 59.4 Å². The summed E-state index contributed by atoms with van der Waals surface area (Å²) < 4.78 is 20.3. The van der Waals surface area contributed by atoms with Gasteiger partial charge in [-0.15, -0.1) is 0 Å². The molecule has 3 aromatic heterocycles. The number of aromatic nitrogens is 4. The number of amides is 1. The van der Waals surface area contributed by atoms with Gasteiger partial charge in [-0.1, -0.05) is 38.1 Å². The molecule has 4 heterocycles. The van der Waals surface area contributed by atoms with Crippen LogP contribution < -0.4 is 16.0 Å². The lowest BCUT2D eigenvalue weighted by Gasteiger charge is -2.16. The Bertz CT molecular complexity index is 1390. The second kappa shape index (κ2) is 8.77. The van der Waals surface area contributed by atoms with E-state index < -0.39 is 11.7 Å². The second-order valence-electron chi connectivity index (χ2n) is 9.94. The van der Waals surface area contributed by atoms with Crippen LogP contribution in [0.25, 0.3) is 22.2 Å². The van der Waals surface area contributed by atoms with E-state index in [1.54, 1.807) is 18.3 Å². The van der Waals surface area contributed by atoms with Gasteiger partial charge in [-0.2, -0.15) is 5.10 Å². The first-order chi connectivity index (χ1) is 16.7. The molecule has 0 unspecified atom stereocenters. The Morgan fingerprint density at radius 2 is 2.14 bits per heavy atom. The zero-order valence-corrected chi connectivity index (χ0v) is 19.9. The molecule has 182 valence electrons. The van der Waals surface area contributed by atoms with Crippen molar-refractivity contribution in [3.8, 4) is 11.1 Å². The number of nitrogens with two attached hydrogens (primary N) is 1. The monoisotopic (exact) mass is 477 g/mol. The maximum Gasteiger partial charge on any atom is 0.273 e. The highest BCUT2D eigenvalue weighted by molar-refractivity contribution is 6.00. The van der Waals surface area contributed by atoms with E-state index in [1.807, 2.05) is 32.9 Å². The molecule has 4 N–H and O–H groups in total. The van der Waals surface area contributed by atoms with Crippen LogP contribution in [0.3, 0.4) is 0 Å². The molecule has 0 aliphatic carbocycles. The maximum absolute atomic E-state index is 15.1. The molecule has 10 heteroatoms. The van der Waals surface area contributed by atoms with Crippen molar-refractivity contribution in [2.24, 2.45) is 5.73 Å². The molecule has 9 nitrogen and oxygen atoms in total. The van der Waals surface area contributed by atoms with E-state index in [-0.39, 0.29) is 23.7 Å². The van der Waals surface area contributed by atoms with E-state index in [2.05, 4.69) is 30.6 Å². The van der Waals surface area contributed by atoms with Crippen molar-refractivity contribution in [2.45, 2.75) is 45.2 Å². The zero-order valence-electron chi connectivity index (χ0n) is 19.9. The molecule has 1 fully saturated rings. The fourth-order valence-corrected chi connectivity index (χ4v) is 4.24. The summed E-state index contributed by atoms with van der Waals surface area (Å²) in [7, 11) is 0. The molecule has 1 amide bonds. The average molecular weight is 478 g/mol. The summed E-state index contributed by atoms with van der Waals surface area (Å²) in [5, 5.41) is 14.8. The third kappa shape index (κ3) is 4.49. The molecule has 1 saturated heterocycles. The molecule has 1 aliphatic rings. The van der Waals surface area contributed by atoms with Gasteiger partial charge in [0.15, 0.2) is 17.2 Å². The predicted molar refractivity (Wildman–Crippen MR) is 130 cm³/mol. The molecule has 4 aromatic rings. The minimum Gasteiger partial charge on any atom is -0.360 e. The topological polar surface area (TPSA) is 126 Å². The summed E-state index contributed by atoms with van der Waals surface area (Å²) in [6.07, 6.45) is 2.57. The van der Waals surface area contributed by atoms with Gasteiger partial charge in [-0.25, -0.2) is 9.37 Å². The molecular formula is C25H28FN7O2. The smallest absolute Gasteiger partial charge is 0.273 e. The van der Waals surface area contributed by atoms with E-state index in [0.29, 0.717) is 29.1 Å². The van der Waals surface area contributed by atoms with Crippen LogP contribution in [0, 0.1) is 5.82 Å². The molecule has 1 aromatic carbocycles. The van der Waals surface area contributed by atoms with E-state index >= 15 is 4.39 Å². The molecule has 35 heavy (non-hydrogen) atoms. The summed E-state index contributed by atoms with van der Waals surface area (Å²) in [4.78, 5) is 19.0. The summed E-state index contributed by atoms with van der Waals surface area (Å²) >= 11 is 0. The minimum absolute atomic E-state index is 0.0248. The Morgan fingerprint density at radius 3 is 2.83 bits per heavy atom. The largest absolute Gasteiger partial charge is 0.360 e. The SMILES string of the molecule is CC(C)(C)c1cc(C(=O)NCc2ccc(-c3ccnc4[nH]nc(N5CC[C@@H](N)C5)c34)cc2F)no1. The van der Waals surface area contributed by atoms with Crippen molar-refractivity contribution in [2.75, 3.05) is 18.0 Å². The number of nitrogens with zero attached hydrogens (tertiary/aromatic N) is 4. The van der Waals surface area contributed by atoms with Crippen LogP contribution in [-0.4, -0.2) is 45.4 Å². The van der Waals surface area contributed by atoms with Gasteiger partial charge in [0, 0.05) is 48.9 Å². The fourth-order valence-electron chi connectivity index (χ4n) is 4.24. The Balaban J connectivity index is 1.36. The normalized spacial score (nSPS) is 16.3. The Labute approximate surface area is 201 Å². The lowest BCUT2D eigenvalue weighted by atomic mass is 9.93. The van der Waals surface area contributed by atoms with Crippen LogP contribution in [0.2, 0.25) is 0 Å². The number of carbonyl (C=O) groups excluding carboxylic acids is 1. The van der Waals surface area contributed by atoms with Crippen LogP contribution >= 0.6 is 0 Å². The zero-order chi connectivity index (χ0) is 24.7. The molecule has 5 rings (SSSR count). The number of hydrogen-bond acceptors (Lipinski definition) is 7. The van der Waals surface area contributed by atoms with Crippen LogP contribution in [-0.2, 0) is 12.0 Å². The standard InChI is InChI=1S/C25H28FN7O2/c1-25(2,3)20-11-19(32-35-20)24(34)29-12-15-5-4-14(10-18(15)26)17-6-8-28-22-21(17)23(31-30-22)33-9-7-16(27)13-33/h4-6,8,10-11,16H,7,9,12-13,27H2,1-3H3,(H,29,34)(H,28,30,31)/t16-/m1/s1. The first kappa shape index (κ1) is 23.0. The second-order valence-corrected chi connectivity index (χ2v) is 9.94. The first-order valence-electron chi connectivity index (χ1n) is 11.6. The van der Waals surface area contributed by atoms with Gasteiger partial charge in [-0.3, -0.25) is 9.89 Å². The number of benzene rings is 1. The number of aromatic amines is 1. The van der Waals surface area contributed by atoms with Crippen LogP contribution in [0.5, 0.6) is 0 Å². The highest BCUT2D eigenvalue weighted by atomic mass is 19.1. The molecular weight excluding hydrogens is 449 g/mol. The highest BCUT2D eigenvalue weighted by Gasteiger charge is 2.25. The molecule has 0 spiro atoms. The molecule has 0 radical (unpaired) electrons. The Hall–Kier alpha value is -3.79. The number of anilines is 1. The van der Waals surface area contributed by atoms with Crippen molar-refractivity contribution in [1.29, 1.82) is 0 Å². The van der Waals surface area contributed by atoms with Crippen molar-refractivity contribution < 1.29 is 13.7 Å². The van der Waals surface area contributed by atoms with Gasteiger partial charge < -0.3 is 20.5 Å². The summed E-state index contributed by atoms with van der Waals surface area (Å²) in [5.74, 6) is 0.540. The van der Waals surface area contributed by atoms with Crippen LogP contribution in [0.4, 0.5) is 10.2 Å². The minimum atomic E-state index is -0.421. The predicted octanol–water partition coefficient (Wildman–Crippen LogP) is 3.52. The lowest BCUT2D eigenvalue weighted by molar-refractivity contribution is 0.0941. The lowest BCUT2D eigenvalue weighted by Crippen LogP contribution is -2.26. The van der Waals surface area contributed by atoms with E-state index in [9.17, 15) is 4.79 Å². The highest BCUT2D eigenvalue weighted by Crippen LogP contribution is 2.35. The van der Waals surface area contributed by atoms with Gasteiger partial charge in [0.25, 0.3) is 5.91 Å². The maximum atomic E-state index is 15.1. The molecule has 1 aliphatic heterocycles. The quantitative estimate of drug-likeness (QED) is 0.401. The number of fused-ring (bicyclic) bond motifs is 1. The Kier molecular flexibility index (Phi) is 5.76. The average Bonchev–Trinajstić information content (AvgIpc) is 3.56. The summed E-state index contributed by atoms with van der Waals surface area (Å²) in [5.41, 5.74) is 8.51. The molecule has 0 bridgehead atoms. The number of hydrogen-bond donors (Lipinski definition) is 3. The van der Waals surface area contributed by atoms with Gasteiger partial charge in [-0.05, 0) is 29.7 Å². The van der Waals surface area contributed by atoms with Gasteiger partial charge in [0.05, 0.1) is 5.39 Å². The summed E-state index contributed by atoms with van der Waals surface area (Å²) in [6.45, 7) is 7.45. The summed E-state index contributed by atoms with van der Waals surface area (Å²) in [6, 6.07) is 8.54. The van der Waals surface area contributed by atoms with Crippen LogP contribution in [0.1, 0.15) is 49.0 Å². The number of rotatable bonds is 5. The first-order valence-corrected chi connectivity index (χ1v) is 11.6. The number of halogens is 1. The molecule has 1 atom stereocenters. The number of pyridine rings is 1. The van der Waals surface area contributed by atoms with Gasteiger partial charge >= 0.3 is 0 Å². The van der Waals surface area contributed by atoms with Gasteiger partial charge in [0.2, 0.25) is 0 Å². The third-order valence-corrected chi connectivity index (χ3v) is 6.25. The molecule has 0 saturated carbocycles. The van der Waals surface area contributed by atoms with Crippen LogP contribution in [0.15, 0.2) is 41.1 Å². The fraction of sp³-hybridized carbons (Fsp3) is 0.360.